The average molecular weight is 342 g/mol. The Hall–Kier alpha value is -2.12. The summed E-state index contributed by atoms with van der Waals surface area (Å²) in [5, 5.41) is 18.3. The van der Waals surface area contributed by atoms with Crippen molar-refractivity contribution in [3.05, 3.63) is 0 Å². The highest BCUT2D eigenvalue weighted by Crippen LogP contribution is 2.33. The maximum atomic E-state index is 12.0. The Morgan fingerprint density at radius 2 is 0.875 bits per heavy atom. The fourth-order valence-electron chi connectivity index (χ4n) is 3.62. The van der Waals surface area contributed by atoms with Gasteiger partial charge in [-0.2, -0.15) is 0 Å². The van der Waals surface area contributed by atoms with Crippen LogP contribution in [0, 0.1) is 23.7 Å². The third kappa shape index (κ3) is 4.24. The van der Waals surface area contributed by atoms with Crippen molar-refractivity contribution in [3.8, 4) is 0 Å². The normalized spacial score (nSPS) is 30.2. The second kappa shape index (κ2) is 8.12. The molecule has 0 saturated heterocycles. The van der Waals surface area contributed by atoms with E-state index in [0.717, 1.165) is 12.8 Å². The van der Waals surface area contributed by atoms with Crippen molar-refractivity contribution >= 4 is 23.9 Å². The van der Waals surface area contributed by atoms with Gasteiger partial charge in [0.1, 0.15) is 0 Å². The Balaban J connectivity index is 1.91. The van der Waals surface area contributed by atoms with Gasteiger partial charge in [0, 0.05) is 0 Å². The molecule has 4 atom stereocenters. The zero-order valence-corrected chi connectivity index (χ0v) is 13.3. The van der Waals surface area contributed by atoms with Crippen LogP contribution in [0.25, 0.3) is 0 Å². The van der Waals surface area contributed by atoms with Crippen molar-refractivity contribution < 1.29 is 39.2 Å². The number of carboxylic acids is 2. The minimum Gasteiger partial charge on any atom is -0.481 e. The lowest BCUT2D eigenvalue weighted by atomic mass is 9.79. The maximum absolute atomic E-state index is 12.0. The van der Waals surface area contributed by atoms with Crippen molar-refractivity contribution in [2.45, 2.75) is 51.4 Å². The molecule has 2 fully saturated rings. The molecule has 0 aromatic heterocycles. The third-order valence-electron chi connectivity index (χ3n) is 4.98. The standard InChI is InChI=1S/C16H22O8/c17-13(18)9-5-1-3-7-11(9)15(21)23-24-16(22)12-8-4-2-6-10(12)14(19)20/h9-12H,1-8H2,(H,17,18)(H,19,20). The van der Waals surface area contributed by atoms with Crippen LogP contribution >= 0.6 is 0 Å². The largest absolute Gasteiger partial charge is 0.481 e. The van der Waals surface area contributed by atoms with Gasteiger partial charge in [0.25, 0.3) is 0 Å². The number of carboxylic acid groups (broad SMARTS) is 2. The highest BCUT2D eigenvalue weighted by atomic mass is 17.2. The number of carbonyl (C=O) groups excluding carboxylic acids is 2. The number of carbonyl (C=O) groups is 4. The van der Waals surface area contributed by atoms with Crippen LogP contribution in [0.4, 0.5) is 0 Å². The van der Waals surface area contributed by atoms with Crippen LogP contribution in [0.1, 0.15) is 51.4 Å². The molecule has 2 aliphatic carbocycles. The van der Waals surface area contributed by atoms with Crippen LogP contribution < -0.4 is 0 Å². The van der Waals surface area contributed by atoms with Crippen molar-refractivity contribution in [2.24, 2.45) is 23.7 Å². The van der Waals surface area contributed by atoms with E-state index in [2.05, 4.69) is 9.78 Å². The van der Waals surface area contributed by atoms with E-state index in [1.54, 1.807) is 0 Å². The first-order valence-electron chi connectivity index (χ1n) is 8.29. The zero-order valence-electron chi connectivity index (χ0n) is 13.3. The molecule has 0 radical (unpaired) electrons. The first-order chi connectivity index (χ1) is 11.4. The van der Waals surface area contributed by atoms with Crippen molar-refractivity contribution in [3.63, 3.8) is 0 Å². The minimum atomic E-state index is -1.07. The minimum absolute atomic E-state index is 0.370. The molecule has 0 bridgehead atoms. The Kier molecular flexibility index (Phi) is 6.16. The topological polar surface area (TPSA) is 127 Å². The molecular formula is C16H22O8. The summed E-state index contributed by atoms with van der Waals surface area (Å²) in [4.78, 5) is 55.6. The van der Waals surface area contributed by atoms with E-state index >= 15 is 0 Å². The summed E-state index contributed by atoms with van der Waals surface area (Å²) < 4.78 is 0. The average Bonchev–Trinajstić information content (AvgIpc) is 2.59. The van der Waals surface area contributed by atoms with Gasteiger partial charge < -0.3 is 10.2 Å². The van der Waals surface area contributed by atoms with Crippen LogP contribution in [-0.2, 0) is 29.0 Å². The van der Waals surface area contributed by atoms with Gasteiger partial charge >= 0.3 is 23.9 Å². The van der Waals surface area contributed by atoms with Crippen molar-refractivity contribution in [1.82, 2.24) is 0 Å². The Bertz CT molecular complexity index is 468. The van der Waals surface area contributed by atoms with Gasteiger partial charge in [-0.25, -0.2) is 19.4 Å². The Morgan fingerprint density at radius 3 is 1.17 bits per heavy atom. The molecule has 134 valence electrons. The molecule has 0 amide bonds. The Labute approximate surface area is 139 Å². The Morgan fingerprint density at radius 1 is 0.583 bits per heavy atom. The molecule has 2 N–H and O–H groups in total. The molecule has 24 heavy (non-hydrogen) atoms. The molecule has 2 saturated carbocycles. The van der Waals surface area contributed by atoms with Crippen LogP contribution in [0.2, 0.25) is 0 Å². The van der Waals surface area contributed by atoms with E-state index in [1.165, 1.54) is 0 Å². The van der Waals surface area contributed by atoms with E-state index in [9.17, 15) is 19.2 Å². The number of rotatable bonds is 4. The highest BCUT2D eigenvalue weighted by molar-refractivity contribution is 5.83. The van der Waals surface area contributed by atoms with Crippen LogP contribution in [0.5, 0.6) is 0 Å². The molecule has 2 aliphatic rings. The highest BCUT2D eigenvalue weighted by Gasteiger charge is 2.40. The first-order valence-corrected chi connectivity index (χ1v) is 8.29. The van der Waals surface area contributed by atoms with Gasteiger partial charge in [-0.15, -0.1) is 0 Å². The maximum Gasteiger partial charge on any atom is 0.359 e. The quantitative estimate of drug-likeness (QED) is 0.584. The SMILES string of the molecule is O=C(O)C1CCCCC1C(=O)OOC(=O)C1CCCCC1C(=O)O. The van der Waals surface area contributed by atoms with E-state index in [4.69, 9.17) is 10.2 Å². The van der Waals surface area contributed by atoms with Gasteiger partial charge in [-0.3, -0.25) is 9.59 Å². The molecule has 0 heterocycles. The molecule has 0 aliphatic heterocycles. The fourth-order valence-corrected chi connectivity index (χ4v) is 3.62. The van der Waals surface area contributed by atoms with E-state index < -0.39 is 47.5 Å². The van der Waals surface area contributed by atoms with E-state index in [1.807, 2.05) is 0 Å². The van der Waals surface area contributed by atoms with Crippen molar-refractivity contribution in [1.29, 1.82) is 0 Å². The zero-order chi connectivity index (χ0) is 17.7. The van der Waals surface area contributed by atoms with E-state index in [-0.39, 0.29) is 0 Å². The van der Waals surface area contributed by atoms with Crippen molar-refractivity contribution in [2.75, 3.05) is 0 Å². The summed E-state index contributed by atoms with van der Waals surface area (Å²) in [6, 6.07) is 0. The smallest absolute Gasteiger partial charge is 0.359 e. The molecule has 8 heteroatoms. The van der Waals surface area contributed by atoms with Gasteiger partial charge in [0.05, 0.1) is 23.7 Å². The molecule has 4 unspecified atom stereocenters. The molecule has 0 spiro atoms. The van der Waals surface area contributed by atoms with Gasteiger partial charge in [-0.1, -0.05) is 25.7 Å². The molecular weight excluding hydrogens is 320 g/mol. The van der Waals surface area contributed by atoms with E-state index in [0.29, 0.717) is 38.5 Å². The summed E-state index contributed by atoms with van der Waals surface area (Å²) >= 11 is 0. The number of aliphatic carboxylic acids is 2. The summed E-state index contributed by atoms with van der Waals surface area (Å²) in [7, 11) is 0. The fraction of sp³-hybridized carbons (Fsp3) is 0.750. The first kappa shape index (κ1) is 18.2. The third-order valence-corrected chi connectivity index (χ3v) is 4.98. The lowest BCUT2D eigenvalue weighted by Gasteiger charge is -2.27. The molecule has 2 rings (SSSR count). The number of hydrogen-bond donors (Lipinski definition) is 2. The van der Waals surface area contributed by atoms with Gasteiger partial charge in [0.15, 0.2) is 0 Å². The molecule has 0 aromatic rings. The van der Waals surface area contributed by atoms with Gasteiger partial charge in [0.2, 0.25) is 0 Å². The monoisotopic (exact) mass is 342 g/mol. The van der Waals surface area contributed by atoms with Gasteiger partial charge in [-0.05, 0) is 25.7 Å². The predicted molar refractivity (Wildman–Crippen MR) is 78.4 cm³/mol. The second-order valence-corrected chi connectivity index (χ2v) is 6.48. The lowest BCUT2D eigenvalue weighted by Crippen LogP contribution is -2.36. The molecule has 8 nitrogen and oxygen atoms in total. The van der Waals surface area contributed by atoms with Crippen LogP contribution in [0.3, 0.4) is 0 Å². The summed E-state index contributed by atoms with van der Waals surface area (Å²) in [6.45, 7) is 0. The van der Waals surface area contributed by atoms with Crippen LogP contribution in [-0.4, -0.2) is 34.1 Å². The second-order valence-electron chi connectivity index (χ2n) is 6.48. The molecule has 0 aromatic carbocycles. The summed E-state index contributed by atoms with van der Waals surface area (Å²) in [5.41, 5.74) is 0. The summed E-state index contributed by atoms with van der Waals surface area (Å²) in [5.74, 6) is -7.26. The summed E-state index contributed by atoms with van der Waals surface area (Å²) in [6.07, 6.45) is 4.37. The predicted octanol–water partition coefficient (Wildman–Crippen LogP) is 1.77. The van der Waals surface area contributed by atoms with Crippen LogP contribution in [0.15, 0.2) is 0 Å². The number of hydrogen-bond acceptors (Lipinski definition) is 6. The lowest BCUT2D eigenvalue weighted by molar-refractivity contribution is -0.268.